The molecule has 12 nitrogen and oxygen atoms in total. The van der Waals surface area contributed by atoms with Gasteiger partial charge in [0.25, 0.3) is 0 Å². The van der Waals surface area contributed by atoms with Gasteiger partial charge in [-0.15, -0.1) is 5.10 Å². The first-order valence-corrected chi connectivity index (χ1v) is 17.4. The first-order valence-electron chi connectivity index (χ1n) is 17.4. The molecule has 0 spiro atoms. The lowest BCUT2D eigenvalue weighted by Crippen LogP contribution is -2.53. The van der Waals surface area contributed by atoms with Gasteiger partial charge in [0.2, 0.25) is 11.8 Å². The van der Waals surface area contributed by atoms with Crippen molar-refractivity contribution < 1.29 is 14.4 Å². The summed E-state index contributed by atoms with van der Waals surface area (Å²) in [5.74, 6) is -0.352. The summed E-state index contributed by atoms with van der Waals surface area (Å²) in [6.07, 6.45) is 4.89. The second-order valence-electron chi connectivity index (χ2n) is 13.8. The van der Waals surface area contributed by atoms with Crippen LogP contribution in [0.5, 0.6) is 0 Å². The lowest BCUT2D eigenvalue weighted by molar-refractivity contribution is -0.143. The predicted octanol–water partition coefficient (Wildman–Crippen LogP) is 2.83. The van der Waals surface area contributed by atoms with Crippen LogP contribution in [-0.2, 0) is 22.4 Å². The number of anilines is 1. The summed E-state index contributed by atoms with van der Waals surface area (Å²) >= 11 is 0. The first-order chi connectivity index (χ1) is 22.9. The maximum atomic E-state index is 14.1. The molecule has 4 aliphatic rings. The van der Waals surface area contributed by atoms with E-state index in [0.717, 1.165) is 99.2 Å². The number of hydrogen-bond acceptors (Lipinski definition) is 7. The standard InChI is InChI=1S/C35H47N9O3/c1-40-18-20-41(21-19-40)28-9-15-43(16-10-28)34(46)27(22-25-6-7-31-32(23-25)38-39-37-31)24-33(45)42-13-11-29(12-14-42)44-17-8-26-4-2-3-5-30(26)36-35(44)47/h2-7,23,27-29H,8-22,24H2,1H3,(H,36,47)(H,37,38,39). The zero-order valence-electron chi connectivity index (χ0n) is 27.4. The Morgan fingerprint density at radius 2 is 1.60 bits per heavy atom. The van der Waals surface area contributed by atoms with Gasteiger partial charge >= 0.3 is 6.03 Å². The minimum Gasteiger partial charge on any atom is -0.343 e. The lowest BCUT2D eigenvalue weighted by Gasteiger charge is -2.42. The summed E-state index contributed by atoms with van der Waals surface area (Å²) in [6.45, 7) is 7.66. The molecule has 2 N–H and O–H groups in total. The van der Waals surface area contributed by atoms with E-state index in [-0.39, 0.29) is 30.3 Å². The van der Waals surface area contributed by atoms with Crippen molar-refractivity contribution in [3.8, 4) is 0 Å². The van der Waals surface area contributed by atoms with Gasteiger partial charge in [0.15, 0.2) is 0 Å². The minimum absolute atomic E-state index is 0.0179. The van der Waals surface area contributed by atoms with Crippen LogP contribution in [0.4, 0.5) is 10.5 Å². The van der Waals surface area contributed by atoms with Gasteiger partial charge in [-0.1, -0.05) is 29.5 Å². The van der Waals surface area contributed by atoms with E-state index in [1.165, 1.54) is 0 Å². The Morgan fingerprint density at radius 3 is 2.38 bits per heavy atom. The number of H-pyrrole nitrogens is 1. The zero-order valence-corrected chi connectivity index (χ0v) is 27.4. The molecule has 7 rings (SSSR count). The second-order valence-corrected chi connectivity index (χ2v) is 13.8. The maximum Gasteiger partial charge on any atom is 0.322 e. The number of hydrogen-bond donors (Lipinski definition) is 2. The minimum atomic E-state index is -0.445. The average Bonchev–Trinajstić information content (AvgIpc) is 3.50. The number of benzene rings is 2. The number of amides is 4. The van der Waals surface area contributed by atoms with E-state index >= 15 is 0 Å². The van der Waals surface area contributed by atoms with Crippen molar-refractivity contribution in [3.05, 3.63) is 53.6 Å². The van der Waals surface area contributed by atoms with Gasteiger partial charge in [0, 0.05) is 83.1 Å². The number of nitrogens with one attached hydrogen (secondary N) is 2. The molecule has 47 heavy (non-hydrogen) atoms. The van der Waals surface area contributed by atoms with Gasteiger partial charge < -0.3 is 24.9 Å². The third-order valence-electron chi connectivity index (χ3n) is 10.9. The Morgan fingerprint density at radius 1 is 0.872 bits per heavy atom. The third-order valence-corrected chi connectivity index (χ3v) is 10.9. The molecule has 1 aromatic heterocycles. The monoisotopic (exact) mass is 641 g/mol. The number of para-hydroxylation sites is 1. The number of rotatable bonds is 7. The van der Waals surface area contributed by atoms with Crippen molar-refractivity contribution in [3.63, 3.8) is 0 Å². The number of urea groups is 1. The third kappa shape index (κ3) is 7.13. The number of piperidine rings is 2. The number of aromatic amines is 1. The van der Waals surface area contributed by atoms with Gasteiger partial charge in [-0.3, -0.25) is 19.6 Å². The van der Waals surface area contributed by atoms with Crippen LogP contribution in [0, 0.1) is 5.92 Å². The molecule has 3 aromatic rings. The Kier molecular flexibility index (Phi) is 9.39. The van der Waals surface area contributed by atoms with E-state index in [2.05, 4.69) is 43.6 Å². The molecule has 2 aromatic carbocycles. The molecule has 0 aliphatic carbocycles. The van der Waals surface area contributed by atoms with Crippen LogP contribution in [0.3, 0.4) is 0 Å². The largest absolute Gasteiger partial charge is 0.343 e. The SMILES string of the molecule is CN1CCN(C2CCN(C(=O)C(CC(=O)N3CCC(N4CCc5ccccc5NC4=O)CC3)Cc3ccc4[nH]nnc4c3)CC2)CC1. The fraction of sp³-hybridized carbons (Fsp3) is 0.571. The molecule has 3 saturated heterocycles. The molecule has 250 valence electrons. The molecule has 4 aliphatic heterocycles. The fourth-order valence-electron chi connectivity index (χ4n) is 7.95. The molecule has 12 heteroatoms. The van der Waals surface area contributed by atoms with Gasteiger partial charge in [-0.05, 0) is 74.9 Å². The summed E-state index contributed by atoms with van der Waals surface area (Å²) < 4.78 is 0. The number of carbonyl (C=O) groups is 3. The Hall–Kier alpha value is -4.03. The number of aromatic nitrogens is 3. The molecule has 0 bridgehead atoms. The van der Waals surface area contributed by atoms with Crippen LogP contribution in [0.1, 0.15) is 43.2 Å². The molecule has 5 heterocycles. The van der Waals surface area contributed by atoms with Crippen LogP contribution in [0.25, 0.3) is 11.0 Å². The topological polar surface area (TPSA) is 121 Å². The second kappa shape index (κ2) is 14.0. The van der Waals surface area contributed by atoms with E-state index in [1.54, 1.807) is 0 Å². The average molecular weight is 642 g/mol. The summed E-state index contributed by atoms with van der Waals surface area (Å²) in [5.41, 5.74) is 4.63. The number of piperazine rings is 1. The summed E-state index contributed by atoms with van der Waals surface area (Å²) in [4.78, 5) is 51.9. The van der Waals surface area contributed by atoms with Gasteiger partial charge in [0.1, 0.15) is 5.52 Å². The van der Waals surface area contributed by atoms with Crippen molar-refractivity contribution in [2.45, 2.75) is 57.0 Å². The molecule has 0 saturated carbocycles. The Labute approximate surface area is 276 Å². The van der Waals surface area contributed by atoms with E-state index in [0.29, 0.717) is 32.1 Å². The van der Waals surface area contributed by atoms with Crippen LogP contribution >= 0.6 is 0 Å². The summed E-state index contributed by atoms with van der Waals surface area (Å²) in [7, 11) is 2.18. The van der Waals surface area contributed by atoms with Gasteiger partial charge in [-0.25, -0.2) is 4.79 Å². The number of likely N-dealkylation sites (N-methyl/N-ethyl adjacent to an activating group) is 1. The normalized spacial score (nSPS) is 21.4. The molecule has 1 atom stereocenters. The highest BCUT2D eigenvalue weighted by atomic mass is 16.2. The number of likely N-dealkylation sites (tertiary alicyclic amines) is 2. The van der Waals surface area contributed by atoms with Crippen molar-refractivity contribution in [2.24, 2.45) is 5.92 Å². The van der Waals surface area contributed by atoms with Crippen molar-refractivity contribution >= 4 is 34.6 Å². The predicted molar refractivity (Wildman–Crippen MR) is 180 cm³/mol. The van der Waals surface area contributed by atoms with Crippen LogP contribution in [0.15, 0.2) is 42.5 Å². The van der Waals surface area contributed by atoms with Gasteiger partial charge in [-0.2, -0.15) is 0 Å². The van der Waals surface area contributed by atoms with Gasteiger partial charge in [0.05, 0.1) is 11.4 Å². The zero-order chi connectivity index (χ0) is 32.3. The van der Waals surface area contributed by atoms with Crippen LogP contribution < -0.4 is 5.32 Å². The van der Waals surface area contributed by atoms with E-state index in [4.69, 9.17) is 0 Å². The van der Waals surface area contributed by atoms with E-state index < -0.39 is 5.92 Å². The van der Waals surface area contributed by atoms with Crippen molar-refractivity contribution in [2.75, 3.05) is 71.3 Å². The van der Waals surface area contributed by atoms with Crippen molar-refractivity contribution in [1.82, 2.24) is 39.9 Å². The summed E-state index contributed by atoms with van der Waals surface area (Å²) in [5, 5.41) is 14.0. The molecule has 3 fully saturated rings. The fourth-order valence-corrected chi connectivity index (χ4v) is 7.95. The van der Waals surface area contributed by atoms with E-state index in [1.807, 2.05) is 51.1 Å². The van der Waals surface area contributed by atoms with Crippen LogP contribution in [0.2, 0.25) is 0 Å². The Balaban J connectivity index is 0.981. The number of fused-ring (bicyclic) bond motifs is 2. The molecular formula is C35H47N9O3. The highest BCUT2D eigenvalue weighted by Crippen LogP contribution is 2.27. The highest BCUT2D eigenvalue weighted by Gasteiger charge is 2.35. The molecular weight excluding hydrogens is 594 g/mol. The highest BCUT2D eigenvalue weighted by molar-refractivity contribution is 5.91. The molecule has 4 amide bonds. The molecule has 1 unspecified atom stereocenters. The summed E-state index contributed by atoms with van der Waals surface area (Å²) in [6, 6.07) is 14.4. The van der Waals surface area contributed by atoms with Crippen LogP contribution in [-0.4, -0.2) is 136 Å². The van der Waals surface area contributed by atoms with Crippen molar-refractivity contribution in [1.29, 1.82) is 0 Å². The first kappa shape index (κ1) is 31.6. The van der Waals surface area contributed by atoms with E-state index in [9.17, 15) is 14.4 Å². The smallest absolute Gasteiger partial charge is 0.322 e. The lowest BCUT2D eigenvalue weighted by atomic mass is 9.91. The molecule has 0 radical (unpaired) electrons. The quantitative estimate of drug-likeness (QED) is 0.407. The maximum absolute atomic E-state index is 14.1. The number of carbonyl (C=O) groups excluding carboxylic acids is 3. The Bertz CT molecular complexity index is 1570. The number of nitrogens with zero attached hydrogens (tertiary/aromatic N) is 7.